The lowest BCUT2D eigenvalue weighted by atomic mass is 9.44. The number of fused-ring (bicyclic) bond motifs is 7. The summed E-state index contributed by atoms with van der Waals surface area (Å²) in [6.45, 7) is 2.33. The third-order valence-corrected chi connectivity index (χ3v) is 12.9. The van der Waals surface area contributed by atoms with Crippen molar-refractivity contribution >= 4 is 25.1 Å². The molecule has 0 bridgehead atoms. The van der Waals surface area contributed by atoms with Gasteiger partial charge in [0.1, 0.15) is 6.61 Å². The van der Waals surface area contributed by atoms with Crippen LogP contribution in [-0.2, 0) is 48.2 Å². The second-order valence-electron chi connectivity index (χ2n) is 14.7. The standard InChI is InChI=1S/C35H42FN2O10P/c1-32-11-10-23(40)14-21(32)6-8-24-25-15-30-35(29(42)18-46-49(43,44)45,33(25,2)16-28(41)34(24,32)36)48-31(47-30)27-9-7-22(38(27)3)12-19-4-5-20(17-39)26(37)13-19/h4-5,7,9-11,13-14,24-25,28,30-31,39,41H,6,8,12,15-18,37H2,1-3H3,(H2,43,44,45)/t24-,25-,28-,30+,31+,32-,33-,34-,35+/m0/s1. The number of allylic oxidation sites excluding steroid dienone is 4. The van der Waals surface area contributed by atoms with Gasteiger partial charge in [0, 0.05) is 47.2 Å². The zero-order chi connectivity index (χ0) is 35.3. The summed E-state index contributed by atoms with van der Waals surface area (Å²) in [5.74, 6) is -2.25. The van der Waals surface area contributed by atoms with Crippen molar-refractivity contribution < 1.29 is 52.5 Å². The molecule has 3 saturated carbocycles. The Balaban J connectivity index is 1.24. The zero-order valence-corrected chi connectivity index (χ0v) is 28.4. The molecule has 1 aromatic heterocycles. The van der Waals surface area contributed by atoms with Crippen LogP contribution in [0.25, 0.3) is 0 Å². The van der Waals surface area contributed by atoms with E-state index in [9.17, 15) is 34.2 Å². The van der Waals surface area contributed by atoms with Gasteiger partial charge in [0.05, 0.1) is 24.5 Å². The van der Waals surface area contributed by atoms with Gasteiger partial charge in [-0.3, -0.25) is 14.1 Å². The van der Waals surface area contributed by atoms with Gasteiger partial charge in [0.15, 0.2) is 22.8 Å². The Kier molecular flexibility index (Phi) is 8.09. The molecule has 14 heteroatoms. The third kappa shape index (κ3) is 4.92. The predicted octanol–water partition coefficient (Wildman–Crippen LogP) is 3.50. The Labute approximate surface area is 283 Å². The maximum Gasteiger partial charge on any atom is 0.470 e. The van der Waals surface area contributed by atoms with E-state index >= 15 is 4.39 Å². The average Bonchev–Trinajstić information content (AvgIpc) is 3.66. The molecular formula is C35H42FN2O10P. The average molecular weight is 701 g/mol. The van der Waals surface area contributed by atoms with Gasteiger partial charge in [-0.15, -0.1) is 0 Å². The van der Waals surface area contributed by atoms with Crippen LogP contribution in [0.5, 0.6) is 0 Å². The van der Waals surface area contributed by atoms with Crippen LogP contribution in [0.1, 0.15) is 68.3 Å². The minimum atomic E-state index is -5.05. The van der Waals surface area contributed by atoms with Crippen LogP contribution in [0, 0.1) is 22.7 Å². The Hall–Kier alpha value is -3.00. The normalized spacial score (nSPS) is 38.1. The number of rotatable bonds is 8. The molecule has 12 nitrogen and oxygen atoms in total. The van der Waals surface area contributed by atoms with E-state index in [4.69, 9.17) is 19.7 Å². The molecule has 264 valence electrons. The number of carbonyl (C=O) groups excluding carboxylic acids is 2. The highest BCUT2D eigenvalue weighted by Crippen LogP contribution is 2.72. The number of ether oxygens (including phenoxy) is 2. The largest absolute Gasteiger partial charge is 0.470 e. The van der Waals surface area contributed by atoms with Crippen LogP contribution < -0.4 is 5.73 Å². The van der Waals surface area contributed by atoms with E-state index in [0.29, 0.717) is 41.8 Å². The zero-order valence-electron chi connectivity index (χ0n) is 27.5. The highest BCUT2D eigenvalue weighted by Gasteiger charge is 2.79. The van der Waals surface area contributed by atoms with Crippen molar-refractivity contribution in [2.45, 2.75) is 82.3 Å². The van der Waals surface area contributed by atoms with E-state index in [0.717, 1.165) is 11.3 Å². The Morgan fingerprint density at radius 3 is 2.65 bits per heavy atom. The number of aromatic nitrogens is 1. The predicted molar refractivity (Wildman–Crippen MR) is 173 cm³/mol. The van der Waals surface area contributed by atoms with E-state index in [-0.39, 0.29) is 25.2 Å². The maximum atomic E-state index is 17.7. The first-order valence-corrected chi connectivity index (χ1v) is 18.0. The van der Waals surface area contributed by atoms with Crippen LogP contribution in [0.4, 0.5) is 10.1 Å². The second kappa shape index (κ2) is 11.5. The number of aliphatic hydroxyl groups excluding tert-OH is 2. The monoisotopic (exact) mass is 700 g/mol. The van der Waals surface area contributed by atoms with Crippen LogP contribution >= 0.6 is 7.82 Å². The molecular weight excluding hydrogens is 658 g/mol. The van der Waals surface area contributed by atoms with E-state index < -0.39 is 72.6 Å². The molecule has 4 aliphatic carbocycles. The van der Waals surface area contributed by atoms with Crippen molar-refractivity contribution in [1.82, 2.24) is 4.57 Å². The number of alkyl halides is 1. The molecule has 49 heavy (non-hydrogen) atoms. The number of ketones is 2. The lowest BCUT2D eigenvalue weighted by Gasteiger charge is -2.62. The lowest BCUT2D eigenvalue weighted by molar-refractivity contribution is -0.231. The summed E-state index contributed by atoms with van der Waals surface area (Å²) in [5, 5.41) is 21.3. The van der Waals surface area contributed by atoms with Crippen LogP contribution in [0.15, 0.2) is 54.1 Å². The lowest BCUT2D eigenvalue weighted by Crippen LogP contribution is -2.69. The third-order valence-electron chi connectivity index (χ3n) is 12.4. The summed E-state index contributed by atoms with van der Waals surface area (Å²) in [7, 11) is -3.23. The minimum absolute atomic E-state index is 0.170. The Bertz CT molecular complexity index is 1840. The molecule has 0 radical (unpaired) electrons. The van der Waals surface area contributed by atoms with Gasteiger partial charge in [-0.05, 0) is 74.4 Å². The van der Waals surface area contributed by atoms with E-state index in [1.807, 2.05) is 29.8 Å². The topological polar surface area (TPSA) is 191 Å². The molecule has 1 aliphatic heterocycles. The maximum absolute atomic E-state index is 17.7. The molecule has 0 amide bonds. The van der Waals surface area contributed by atoms with Gasteiger partial charge in [-0.1, -0.05) is 30.7 Å². The smallest absolute Gasteiger partial charge is 0.398 e. The molecule has 2 heterocycles. The van der Waals surface area contributed by atoms with Crippen molar-refractivity contribution in [2.75, 3.05) is 12.3 Å². The van der Waals surface area contributed by atoms with Gasteiger partial charge in [-0.2, -0.15) is 0 Å². The summed E-state index contributed by atoms with van der Waals surface area (Å²) in [5.41, 5.74) is 3.74. The van der Waals surface area contributed by atoms with Crippen molar-refractivity contribution in [2.24, 2.45) is 29.7 Å². The number of carbonyl (C=O) groups is 2. The number of phosphoric acid groups is 1. The van der Waals surface area contributed by atoms with Crippen molar-refractivity contribution in [3.63, 3.8) is 0 Å². The molecule has 7 rings (SSSR count). The van der Waals surface area contributed by atoms with Gasteiger partial charge >= 0.3 is 7.82 Å². The molecule has 9 atom stereocenters. The summed E-state index contributed by atoms with van der Waals surface area (Å²) in [6, 6.07) is 9.14. The van der Waals surface area contributed by atoms with E-state index in [2.05, 4.69) is 0 Å². The number of hydrogen-bond acceptors (Lipinski definition) is 9. The Morgan fingerprint density at radius 1 is 1.20 bits per heavy atom. The molecule has 6 N–H and O–H groups in total. The molecule has 1 aromatic carbocycles. The van der Waals surface area contributed by atoms with Crippen molar-refractivity contribution in [1.29, 1.82) is 0 Å². The van der Waals surface area contributed by atoms with Gasteiger partial charge < -0.3 is 39.8 Å². The molecule has 1 saturated heterocycles. The van der Waals surface area contributed by atoms with Gasteiger partial charge in [-0.25, -0.2) is 8.96 Å². The number of nitrogens with two attached hydrogens (primary N) is 1. The van der Waals surface area contributed by atoms with Crippen molar-refractivity contribution in [3.05, 3.63) is 76.6 Å². The first kappa shape index (κ1) is 34.4. The fourth-order valence-corrected chi connectivity index (χ4v) is 10.2. The first-order chi connectivity index (χ1) is 23.0. The van der Waals surface area contributed by atoms with Gasteiger partial charge in [0.2, 0.25) is 6.29 Å². The van der Waals surface area contributed by atoms with Crippen LogP contribution in [0.3, 0.4) is 0 Å². The van der Waals surface area contributed by atoms with E-state index in [1.54, 1.807) is 32.1 Å². The number of Topliss-reactive ketones (excluding diaryl/α,β-unsaturated/α-hetero) is 1. The first-order valence-electron chi connectivity index (χ1n) is 16.5. The number of benzene rings is 1. The molecule has 5 aliphatic rings. The summed E-state index contributed by atoms with van der Waals surface area (Å²) < 4.78 is 49.3. The summed E-state index contributed by atoms with van der Waals surface area (Å²) in [4.78, 5) is 45.5. The summed E-state index contributed by atoms with van der Waals surface area (Å²) in [6.07, 6.45) is 2.02. The van der Waals surface area contributed by atoms with Crippen LogP contribution in [-0.4, -0.2) is 66.2 Å². The van der Waals surface area contributed by atoms with Crippen LogP contribution in [0.2, 0.25) is 0 Å². The number of phosphoric ester groups is 1. The van der Waals surface area contributed by atoms with Gasteiger partial charge in [0.25, 0.3) is 0 Å². The van der Waals surface area contributed by atoms with Crippen molar-refractivity contribution in [3.8, 4) is 0 Å². The fourth-order valence-electron chi connectivity index (χ4n) is 9.93. The number of nitrogens with zero attached hydrogens (tertiary/aromatic N) is 1. The molecule has 0 unspecified atom stereocenters. The second-order valence-corrected chi connectivity index (χ2v) is 15.9. The quantitative estimate of drug-likeness (QED) is 0.200. The number of anilines is 1. The number of hydrogen-bond donors (Lipinski definition) is 5. The molecule has 2 aromatic rings. The minimum Gasteiger partial charge on any atom is -0.398 e. The highest BCUT2D eigenvalue weighted by molar-refractivity contribution is 7.46. The highest BCUT2D eigenvalue weighted by atomic mass is 31.2. The Morgan fingerprint density at radius 2 is 1.96 bits per heavy atom. The molecule has 4 fully saturated rings. The SMILES string of the molecule is Cn1c(Cc2ccc(CO)c(N)c2)ccc1[C@@H]1O[C@@H]2C[C@H]3[C@@H]4CCC5=CC(=O)C=C[C@]5(C)[C@@]4(F)[C@@H](O)C[C@]3(C)[C@]2(C(=O)COP(=O)(O)O)O1. The number of nitrogen functional groups attached to an aromatic ring is 1. The van der Waals surface area contributed by atoms with E-state index in [1.165, 1.54) is 12.2 Å². The fraction of sp³-hybridized carbons (Fsp3) is 0.543. The number of aliphatic hydroxyl groups is 2. The summed E-state index contributed by atoms with van der Waals surface area (Å²) >= 11 is 0. The number of halogens is 1. The molecule has 0 spiro atoms.